The van der Waals surface area contributed by atoms with E-state index in [9.17, 15) is 28.5 Å². The van der Waals surface area contributed by atoms with Crippen molar-refractivity contribution in [2.24, 2.45) is 0 Å². The molecule has 1 heterocycles. The number of carboxylic acids is 1. The van der Waals surface area contributed by atoms with Crippen molar-refractivity contribution < 1.29 is 28.5 Å². The Morgan fingerprint density at radius 2 is 1.47 bits per heavy atom. The van der Waals surface area contributed by atoms with Gasteiger partial charge in [-0.25, -0.2) is 23.2 Å². The van der Waals surface area contributed by atoms with Gasteiger partial charge in [-0.2, -0.15) is 0 Å². The van der Waals surface area contributed by atoms with Gasteiger partial charge in [0, 0.05) is 5.69 Å². The first kappa shape index (κ1) is 20.9. The standard InChI is InChI=1S/C21H16N4O6S/c26-13-6-8-14(9-7-13)32(30,31)25-20-19(23-16-3-1-2-4-17(16)24-20)22-12-5-10-18(27)15(11-12)21(28)29/h1-11,26-27H,(H,22,23)(H,24,25)(H,28,29). The predicted octanol–water partition coefficient (Wildman–Crippen LogP) is 3.28. The third-order valence-electron chi connectivity index (χ3n) is 4.44. The number of carbonyl (C=O) groups is 1. The molecule has 0 unspecified atom stereocenters. The molecule has 5 N–H and O–H groups in total. The molecule has 10 nitrogen and oxygen atoms in total. The van der Waals surface area contributed by atoms with Gasteiger partial charge in [-0.3, -0.25) is 4.72 Å². The highest BCUT2D eigenvalue weighted by Gasteiger charge is 2.20. The maximum atomic E-state index is 12.8. The van der Waals surface area contributed by atoms with E-state index in [0.29, 0.717) is 11.0 Å². The lowest BCUT2D eigenvalue weighted by Crippen LogP contribution is -2.16. The van der Waals surface area contributed by atoms with Gasteiger partial charge in [0.05, 0.1) is 15.9 Å². The molecule has 0 amide bonds. The lowest BCUT2D eigenvalue weighted by molar-refractivity contribution is 0.0693. The molecule has 11 heteroatoms. The molecule has 0 aliphatic rings. The fraction of sp³-hybridized carbons (Fsp3) is 0. The number of phenolic OH excluding ortho intramolecular Hbond substituents is 1. The number of hydrogen-bond donors (Lipinski definition) is 5. The van der Waals surface area contributed by atoms with Crippen LogP contribution in [0.25, 0.3) is 11.0 Å². The van der Waals surface area contributed by atoms with Crippen LogP contribution in [0.1, 0.15) is 10.4 Å². The Morgan fingerprint density at radius 1 is 0.844 bits per heavy atom. The Morgan fingerprint density at radius 3 is 2.09 bits per heavy atom. The van der Waals surface area contributed by atoms with E-state index in [4.69, 9.17) is 0 Å². The van der Waals surface area contributed by atoms with Gasteiger partial charge >= 0.3 is 5.97 Å². The number of nitrogens with zero attached hydrogens (tertiary/aromatic N) is 2. The monoisotopic (exact) mass is 452 g/mol. The van der Waals surface area contributed by atoms with Gasteiger partial charge in [-0.15, -0.1) is 0 Å². The van der Waals surface area contributed by atoms with Crippen LogP contribution >= 0.6 is 0 Å². The second-order valence-corrected chi connectivity index (χ2v) is 8.35. The highest BCUT2D eigenvalue weighted by molar-refractivity contribution is 7.92. The van der Waals surface area contributed by atoms with Gasteiger partial charge in [-0.05, 0) is 54.6 Å². The number of hydrogen-bond acceptors (Lipinski definition) is 8. The van der Waals surface area contributed by atoms with Crippen molar-refractivity contribution in [2.75, 3.05) is 10.0 Å². The van der Waals surface area contributed by atoms with Crippen molar-refractivity contribution in [3.63, 3.8) is 0 Å². The molecular formula is C21H16N4O6S. The Balaban J connectivity index is 1.78. The molecule has 4 rings (SSSR count). The summed E-state index contributed by atoms with van der Waals surface area (Å²) in [4.78, 5) is 20.0. The molecule has 0 radical (unpaired) electrons. The van der Waals surface area contributed by atoms with Crippen LogP contribution < -0.4 is 10.0 Å². The van der Waals surface area contributed by atoms with E-state index in [2.05, 4.69) is 20.0 Å². The summed E-state index contributed by atoms with van der Waals surface area (Å²) in [5.41, 5.74) is 0.808. The Bertz CT molecular complexity index is 1440. The first-order valence-electron chi connectivity index (χ1n) is 9.15. The van der Waals surface area contributed by atoms with Gasteiger partial charge in [0.2, 0.25) is 0 Å². The largest absolute Gasteiger partial charge is 0.508 e. The number of fused-ring (bicyclic) bond motifs is 1. The van der Waals surface area contributed by atoms with Crippen LogP contribution in [0.2, 0.25) is 0 Å². The van der Waals surface area contributed by atoms with Crippen molar-refractivity contribution in [3.05, 3.63) is 72.3 Å². The van der Waals surface area contributed by atoms with Gasteiger partial charge in [-0.1, -0.05) is 12.1 Å². The van der Waals surface area contributed by atoms with Gasteiger partial charge in [0.25, 0.3) is 10.0 Å². The highest BCUT2D eigenvalue weighted by Crippen LogP contribution is 2.29. The number of phenols is 2. The number of carboxylic acid groups (broad SMARTS) is 1. The fourth-order valence-electron chi connectivity index (χ4n) is 2.89. The highest BCUT2D eigenvalue weighted by atomic mass is 32.2. The number of nitrogens with one attached hydrogen (secondary N) is 2. The quantitative estimate of drug-likeness (QED) is 0.276. The van der Waals surface area contributed by atoms with Crippen molar-refractivity contribution in [1.29, 1.82) is 0 Å². The van der Waals surface area contributed by atoms with E-state index in [-0.39, 0.29) is 33.5 Å². The molecule has 0 saturated carbocycles. The summed E-state index contributed by atoms with van der Waals surface area (Å²) in [7, 11) is -4.08. The third-order valence-corrected chi connectivity index (χ3v) is 5.79. The molecule has 0 aliphatic heterocycles. The van der Waals surface area contributed by atoms with E-state index in [1.54, 1.807) is 24.3 Å². The molecule has 3 aromatic carbocycles. The second kappa shape index (κ2) is 8.04. The smallest absolute Gasteiger partial charge is 0.339 e. The van der Waals surface area contributed by atoms with Crippen LogP contribution in [0.4, 0.5) is 17.3 Å². The van der Waals surface area contributed by atoms with Crippen molar-refractivity contribution in [3.8, 4) is 11.5 Å². The van der Waals surface area contributed by atoms with E-state index in [1.165, 1.54) is 42.5 Å². The fourth-order valence-corrected chi connectivity index (χ4v) is 3.90. The Hall–Kier alpha value is -4.38. The summed E-state index contributed by atoms with van der Waals surface area (Å²) < 4.78 is 28.1. The summed E-state index contributed by atoms with van der Waals surface area (Å²) in [6.07, 6.45) is 0. The molecule has 0 aliphatic carbocycles. The van der Waals surface area contributed by atoms with Crippen LogP contribution in [0.3, 0.4) is 0 Å². The van der Waals surface area contributed by atoms with Crippen LogP contribution in [0.5, 0.6) is 11.5 Å². The number of anilines is 3. The summed E-state index contributed by atoms with van der Waals surface area (Å²) in [6, 6.07) is 15.6. The summed E-state index contributed by atoms with van der Waals surface area (Å²) >= 11 is 0. The maximum Gasteiger partial charge on any atom is 0.339 e. The molecule has 1 aromatic heterocycles. The zero-order valence-electron chi connectivity index (χ0n) is 16.2. The normalized spacial score (nSPS) is 11.2. The zero-order chi connectivity index (χ0) is 22.9. The number of para-hydroxylation sites is 2. The first-order valence-corrected chi connectivity index (χ1v) is 10.6. The van der Waals surface area contributed by atoms with Gasteiger partial charge in [0.15, 0.2) is 11.6 Å². The number of rotatable bonds is 6. The van der Waals surface area contributed by atoms with Crippen molar-refractivity contribution in [2.45, 2.75) is 4.90 Å². The number of aromatic nitrogens is 2. The number of aromatic carboxylic acids is 1. The first-order chi connectivity index (χ1) is 15.2. The summed E-state index contributed by atoms with van der Waals surface area (Å²) in [6.45, 7) is 0. The van der Waals surface area contributed by atoms with Gasteiger partial charge in [0.1, 0.15) is 17.1 Å². The minimum absolute atomic E-state index is 0.0214. The van der Waals surface area contributed by atoms with Crippen molar-refractivity contribution >= 4 is 44.3 Å². The average molecular weight is 452 g/mol. The van der Waals surface area contributed by atoms with Crippen molar-refractivity contribution in [1.82, 2.24) is 9.97 Å². The average Bonchev–Trinajstić information content (AvgIpc) is 2.75. The van der Waals surface area contributed by atoms with E-state index in [0.717, 1.165) is 0 Å². The van der Waals surface area contributed by atoms with Crippen LogP contribution in [0.15, 0.2) is 71.6 Å². The van der Waals surface area contributed by atoms with Crippen LogP contribution in [0, 0.1) is 0 Å². The number of benzene rings is 3. The minimum Gasteiger partial charge on any atom is -0.508 e. The SMILES string of the molecule is O=C(O)c1cc(Nc2nc3ccccc3nc2NS(=O)(=O)c2ccc(O)cc2)ccc1O. The second-order valence-electron chi connectivity index (χ2n) is 6.67. The van der Waals surface area contributed by atoms with E-state index < -0.39 is 21.7 Å². The van der Waals surface area contributed by atoms with Gasteiger partial charge < -0.3 is 20.6 Å². The molecule has 0 atom stereocenters. The molecular weight excluding hydrogens is 436 g/mol. The minimum atomic E-state index is -4.08. The summed E-state index contributed by atoms with van der Waals surface area (Å²) in [5, 5.41) is 31.2. The van der Waals surface area contributed by atoms with Crippen LogP contribution in [-0.4, -0.2) is 39.7 Å². The molecule has 162 valence electrons. The Kier molecular flexibility index (Phi) is 5.24. The molecule has 4 aromatic rings. The van der Waals surface area contributed by atoms with E-state index in [1.807, 2.05) is 0 Å². The molecule has 0 saturated heterocycles. The molecule has 0 fully saturated rings. The van der Waals surface area contributed by atoms with Crippen LogP contribution in [-0.2, 0) is 10.0 Å². The van der Waals surface area contributed by atoms with E-state index >= 15 is 0 Å². The molecule has 0 spiro atoms. The number of sulfonamides is 1. The number of aromatic hydroxyl groups is 2. The third kappa shape index (κ3) is 4.23. The summed E-state index contributed by atoms with van der Waals surface area (Å²) in [5.74, 6) is -1.93. The zero-order valence-corrected chi connectivity index (χ0v) is 17.0. The topological polar surface area (TPSA) is 162 Å². The lowest BCUT2D eigenvalue weighted by atomic mass is 10.2. The molecule has 32 heavy (non-hydrogen) atoms. The molecule has 0 bridgehead atoms. The lowest BCUT2D eigenvalue weighted by Gasteiger charge is -2.14. The predicted molar refractivity (Wildman–Crippen MR) is 117 cm³/mol. The maximum absolute atomic E-state index is 12.8. The Labute approximate surface area is 181 Å².